The molecule has 2 unspecified atom stereocenters. The Kier molecular flexibility index (Phi) is 9.09. The molecule has 0 radical (unpaired) electrons. The lowest BCUT2D eigenvalue weighted by Gasteiger charge is -2.37. The SMILES string of the molecule is CNC1C(=O)N(CCCN2CCN(c3cc(F)ccc3OC(C)C)CC2)C(=O)C1C.Cl. The lowest BCUT2D eigenvalue weighted by molar-refractivity contribution is -0.139. The van der Waals surface area contributed by atoms with Gasteiger partial charge in [-0.25, -0.2) is 4.39 Å². The molecular formula is C22H34ClFN4O3. The Hall–Kier alpha value is -1.90. The Labute approximate surface area is 190 Å². The van der Waals surface area contributed by atoms with E-state index < -0.39 is 6.04 Å². The van der Waals surface area contributed by atoms with Gasteiger partial charge in [0.2, 0.25) is 11.8 Å². The number of nitrogens with zero attached hydrogens (tertiary/aromatic N) is 3. The average molecular weight is 457 g/mol. The molecule has 2 fully saturated rings. The van der Waals surface area contributed by atoms with Crippen LogP contribution < -0.4 is 15.0 Å². The normalized spacial score (nSPS) is 22.3. The molecule has 1 N–H and O–H groups in total. The average Bonchev–Trinajstić information content (AvgIpc) is 2.92. The Morgan fingerprint density at radius 2 is 1.81 bits per heavy atom. The van der Waals surface area contributed by atoms with Crippen LogP contribution in [0.15, 0.2) is 18.2 Å². The fourth-order valence-electron chi connectivity index (χ4n) is 4.23. The van der Waals surface area contributed by atoms with Crippen molar-refractivity contribution in [2.24, 2.45) is 5.92 Å². The van der Waals surface area contributed by atoms with E-state index in [1.54, 1.807) is 20.0 Å². The number of carbonyl (C=O) groups excluding carboxylic acids is 2. The highest BCUT2D eigenvalue weighted by molar-refractivity contribution is 6.06. The van der Waals surface area contributed by atoms with Gasteiger partial charge in [0.1, 0.15) is 11.6 Å². The summed E-state index contributed by atoms with van der Waals surface area (Å²) in [5, 5.41) is 2.94. The zero-order chi connectivity index (χ0) is 21.8. The first-order chi connectivity index (χ1) is 14.3. The number of piperazine rings is 1. The molecule has 1 aromatic carbocycles. The van der Waals surface area contributed by atoms with Gasteiger partial charge in [0.05, 0.1) is 23.8 Å². The molecule has 2 amide bonds. The van der Waals surface area contributed by atoms with E-state index >= 15 is 0 Å². The number of ether oxygens (including phenoxy) is 1. The topological polar surface area (TPSA) is 65.1 Å². The molecule has 0 spiro atoms. The van der Waals surface area contributed by atoms with Gasteiger partial charge in [-0.1, -0.05) is 6.92 Å². The van der Waals surface area contributed by atoms with Crippen LogP contribution in [0.3, 0.4) is 0 Å². The first-order valence-corrected chi connectivity index (χ1v) is 10.8. The highest BCUT2D eigenvalue weighted by Gasteiger charge is 2.43. The molecule has 0 saturated carbocycles. The molecule has 2 heterocycles. The van der Waals surface area contributed by atoms with E-state index in [1.165, 1.54) is 17.0 Å². The molecule has 7 nitrogen and oxygen atoms in total. The van der Waals surface area contributed by atoms with Crippen molar-refractivity contribution in [1.82, 2.24) is 15.1 Å². The highest BCUT2D eigenvalue weighted by Crippen LogP contribution is 2.31. The molecule has 3 rings (SSSR count). The Morgan fingerprint density at radius 1 is 1.13 bits per heavy atom. The van der Waals surface area contributed by atoms with Crippen molar-refractivity contribution in [3.05, 3.63) is 24.0 Å². The fourth-order valence-corrected chi connectivity index (χ4v) is 4.23. The second-order valence-electron chi connectivity index (χ2n) is 8.34. The molecule has 0 aromatic heterocycles. The second-order valence-corrected chi connectivity index (χ2v) is 8.34. The molecular weight excluding hydrogens is 423 g/mol. The van der Waals surface area contributed by atoms with Gasteiger partial charge >= 0.3 is 0 Å². The van der Waals surface area contributed by atoms with E-state index in [0.29, 0.717) is 12.3 Å². The van der Waals surface area contributed by atoms with E-state index in [4.69, 9.17) is 4.74 Å². The molecule has 2 saturated heterocycles. The number of hydrogen-bond donors (Lipinski definition) is 1. The zero-order valence-corrected chi connectivity index (χ0v) is 19.6. The van der Waals surface area contributed by atoms with Crippen LogP contribution in [-0.2, 0) is 9.59 Å². The van der Waals surface area contributed by atoms with E-state index in [2.05, 4.69) is 15.1 Å². The van der Waals surface area contributed by atoms with Gasteiger partial charge in [-0.2, -0.15) is 0 Å². The van der Waals surface area contributed by atoms with Gasteiger partial charge in [0.25, 0.3) is 0 Å². The standard InChI is InChI=1S/C22H33FN4O3.ClH/c1-15(2)30-19-7-6-17(23)14-18(19)26-12-10-25(11-13-26)8-5-9-27-21(28)16(3)20(24-4)22(27)29;/h6-7,14-16,20,24H,5,8-13H2,1-4H3;1H. The number of halogens is 2. The minimum absolute atomic E-state index is 0. The van der Waals surface area contributed by atoms with Crippen molar-refractivity contribution in [3.63, 3.8) is 0 Å². The second kappa shape index (κ2) is 11.1. The molecule has 9 heteroatoms. The number of rotatable bonds is 8. The molecule has 1 aromatic rings. The maximum atomic E-state index is 13.8. The quantitative estimate of drug-likeness (QED) is 0.605. The van der Waals surface area contributed by atoms with Gasteiger partial charge in [0, 0.05) is 38.8 Å². The van der Waals surface area contributed by atoms with Crippen molar-refractivity contribution < 1.29 is 18.7 Å². The summed E-state index contributed by atoms with van der Waals surface area (Å²) < 4.78 is 19.7. The van der Waals surface area contributed by atoms with Crippen molar-refractivity contribution >= 4 is 29.9 Å². The number of anilines is 1. The summed E-state index contributed by atoms with van der Waals surface area (Å²) in [7, 11) is 1.71. The Balaban J connectivity index is 0.00000341. The van der Waals surface area contributed by atoms with Gasteiger partial charge < -0.3 is 15.0 Å². The fraction of sp³-hybridized carbons (Fsp3) is 0.636. The summed E-state index contributed by atoms with van der Waals surface area (Å²) >= 11 is 0. The number of benzene rings is 1. The third kappa shape index (κ3) is 5.87. The maximum absolute atomic E-state index is 13.8. The summed E-state index contributed by atoms with van der Waals surface area (Å²) in [6, 6.07) is 4.25. The summed E-state index contributed by atoms with van der Waals surface area (Å²) in [6.07, 6.45) is 0.777. The van der Waals surface area contributed by atoms with E-state index in [-0.39, 0.29) is 42.1 Å². The van der Waals surface area contributed by atoms with Crippen LogP contribution in [0.4, 0.5) is 10.1 Å². The number of hydrogen-bond acceptors (Lipinski definition) is 6. The number of likely N-dealkylation sites (tertiary alicyclic amines) is 1. The van der Waals surface area contributed by atoms with Crippen LogP contribution in [-0.4, -0.2) is 80.1 Å². The van der Waals surface area contributed by atoms with Gasteiger partial charge in [-0.15, -0.1) is 12.4 Å². The van der Waals surface area contributed by atoms with Crippen molar-refractivity contribution in [1.29, 1.82) is 0 Å². The molecule has 31 heavy (non-hydrogen) atoms. The number of nitrogens with one attached hydrogen (secondary N) is 1. The lowest BCUT2D eigenvalue weighted by Crippen LogP contribution is -2.47. The minimum Gasteiger partial charge on any atom is -0.489 e. The van der Waals surface area contributed by atoms with Crippen LogP contribution in [0.5, 0.6) is 5.75 Å². The van der Waals surface area contributed by atoms with E-state index in [1.807, 2.05) is 13.8 Å². The van der Waals surface area contributed by atoms with Crippen molar-refractivity contribution in [3.8, 4) is 5.75 Å². The predicted molar refractivity (Wildman–Crippen MR) is 121 cm³/mol. The number of likely N-dealkylation sites (N-methyl/N-ethyl adjacent to an activating group) is 1. The number of carbonyl (C=O) groups is 2. The van der Waals surface area contributed by atoms with E-state index in [0.717, 1.165) is 44.8 Å². The summed E-state index contributed by atoms with van der Waals surface area (Å²) in [4.78, 5) is 30.5. The predicted octanol–water partition coefficient (Wildman–Crippen LogP) is 2.14. The largest absolute Gasteiger partial charge is 0.489 e. The molecule has 2 aliphatic rings. The first kappa shape index (κ1) is 25.4. The third-order valence-corrected chi connectivity index (χ3v) is 5.85. The summed E-state index contributed by atoms with van der Waals surface area (Å²) in [5.74, 6) is -0.0761. The van der Waals surface area contributed by atoms with Crippen LogP contribution in [0.1, 0.15) is 27.2 Å². The van der Waals surface area contributed by atoms with Crippen LogP contribution in [0.25, 0.3) is 0 Å². The van der Waals surface area contributed by atoms with Crippen LogP contribution >= 0.6 is 12.4 Å². The van der Waals surface area contributed by atoms with Crippen LogP contribution in [0, 0.1) is 11.7 Å². The highest BCUT2D eigenvalue weighted by atomic mass is 35.5. The first-order valence-electron chi connectivity index (χ1n) is 10.8. The summed E-state index contributed by atoms with van der Waals surface area (Å²) in [5.41, 5.74) is 0.795. The Morgan fingerprint density at radius 3 is 2.39 bits per heavy atom. The smallest absolute Gasteiger partial charge is 0.247 e. The lowest BCUT2D eigenvalue weighted by atomic mass is 10.1. The third-order valence-electron chi connectivity index (χ3n) is 5.85. The molecule has 2 atom stereocenters. The molecule has 0 bridgehead atoms. The minimum atomic E-state index is -0.408. The van der Waals surface area contributed by atoms with Gasteiger partial charge in [0.15, 0.2) is 0 Å². The molecule has 2 aliphatic heterocycles. The monoisotopic (exact) mass is 456 g/mol. The van der Waals surface area contributed by atoms with Crippen molar-refractivity contribution in [2.75, 3.05) is 51.2 Å². The van der Waals surface area contributed by atoms with Crippen molar-refractivity contribution in [2.45, 2.75) is 39.3 Å². The number of amides is 2. The summed E-state index contributed by atoms with van der Waals surface area (Å²) in [6.45, 7) is 10.2. The molecule has 174 valence electrons. The van der Waals surface area contributed by atoms with Crippen LogP contribution in [0.2, 0.25) is 0 Å². The maximum Gasteiger partial charge on any atom is 0.247 e. The van der Waals surface area contributed by atoms with Gasteiger partial charge in [-0.3, -0.25) is 19.4 Å². The number of imide groups is 1. The molecule has 0 aliphatic carbocycles. The zero-order valence-electron chi connectivity index (χ0n) is 18.8. The van der Waals surface area contributed by atoms with Gasteiger partial charge in [-0.05, 0) is 46.0 Å². The Bertz CT molecular complexity index is 771. The van der Waals surface area contributed by atoms with E-state index in [9.17, 15) is 14.0 Å².